The highest BCUT2D eigenvalue weighted by Gasteiger charge is 2.05. The third-order valence-electron chi connectivity index (χ3n) is 3.65. The van der Waals surface area contributed by atoms with E-state index in [1.165, 1.54) is 0 Å². The Morgan fingerprint density at radius 3 is 2.91 bits per heavy atom. The maximum atomic E-state index is 4.59. The summed E-state index contributed by atoms with van der Waals surface area (Å²) in [5.74, 6) is 6.44. The molecule has 2 heterocycles. The molecule has 0 saturated heterocycles. The Hall–Kier alpha value is -2.86. The third kappa shape index (κ3) is 3.49. The Labute approximate surface area is 136 Å². The van der Waals surface area contributed by atoms with Crippen LogP contribution in [-0.2, 0) is 6.54 Å². The second-order valence-electron chi connectivity index (χ2n) is 5.64. The summed E-state index contributed by atoms with van der Waals surface area (Å²) in [6, 6.07) is 10.2. The molecule has 0 aliphatic heterocycles. The fourth-order valence-corrected chi connectivity index (χ4v) is 2.56. The summed E-state index contributed by atoms with van der Waals surface area (Å²) in [5.41, 5.74) is 5.20. The van der Waals surface area contributed by atoms with Crippen LogP contribution >= 0.6 is 0 Å². The lowest BCUT2D eigenvalue weighted by molar-refractivity contribution is 0.630. The predicted molar refractivity (Wildman–Crippen MR) is 94.9 cm³/mol. The van der Waals surface area contributed by atoms with Crippen molar-refractivity contribution in [3.05, 3.63) is 66.1 Å². The first-order valence-corrected chi connectivity index (χ1v) is 7.67. The first kappa shape index (κ1) is 15.1. The van der Waals surface area contributed by atoms with Gasteiger partial charge in [0.05, 0.1) is 12.1 Å². The van der Waals surface area contributed by atoms with Gasteiger partial charge in [0.15, 0.2) is 0 Å². The molecule has 0 bridgehead atoms. The zero-order valence-corrected chi connectivity index (χ0v) is 13.5. The molecule has 0 atom stereocenters. The van der Waals surface area contributed by atoms with Crippen LogP contribution in [0.3, 0.4) is 0 Å². The third-order valence-corrected chi connectivity index (χ3v) is 3.65. The van der Waals surface area contributed by atoms with E-state index in [4.69, 9.17) is 0 Å². The van der Waals surface area contributed by atoms with Crippen LogP contribution in [0.1, 0.15) is 30.2 Å². The lowest BCUT2D eigenvalue weighted by Gasteiger charge is -2.08. The Morgan fingerprint density at radius 1 is 1.30 bits per heavy atom. The lowest BCUT2D eigenvalue weighted by Crippen LogP contribution is -1.96. The summed E-state index contributed by atoms with van der Waals surface area (Å²) in [7, 11) is 0. The number of hydrogen-bond acceptors (Lipinski definition) is 2. The van der Waals surface area contributed by atoms with E-state index >= 15 is 0 Å². The van der Waals surface area contributed by atoms with Crippen LogP contribution in [0.5, 0.6) is 0 Å². The van der Waals surface area contributed by atoms with Crippen LogP contribution in [-0.4, -0.2) is 14.8 Å². The molecule has 3 rings (SSSR count). The fraction of sp³-hybridized carbons (Fsp3) is 0.200. The van der Waals surface area contributed by atoms with Crippen LogP contribution < -0.4 is 0 Å². The number of hydrogen-bond donors (Lipinski definition) is 0. The van der Waals surface area contributed by atoms with E-state index in [-0.39, 0.29) is 0 Å². The van der Waals surface area contributed by atoms with Crippen molar-refractivity contribution in [2.75, 3.05) is 0 Å². The summed E-state index contributed by atoms with van der Waals surface area (Å²) >= 11 is 0. The highest BCUT2D eigenvalue weighted by atomic mass is 15.3. The fourth-order valence-electron chi connectivity index (χ4n) is 2.56. The van der Waals surface area contributed by atoms with Crippen LogP contribution in [0.25, 0.3) is 16.5 Å². The van der Waals surface area contributed by atoms with E-state index in [9.17, 15) is 0 Å². The molecule has 0 amide bonds. The van der Waals surface area contributed by atoms with Crippen molar-refractivity contribution in [1.82, 2.24) is 14.8 Å². The first-order chi connectivity index (χ1) is 11.1. The van der Waals surface area contributed by atoms with Crippen LogP contribution in [0.2, 0.25) is 0 Å². The number of aryl methyl sites for hydroxylation is 2. The van der Waals surface area contributed by atoms with Crippen LogP contribution in [0.4, 0.5) is 0 Å². The van der Waals surface area contributed by atoms with E-state index in [0.29, 0.717) is 0 Å². The van der Waals surface area contributed by atoms with Gasteiger partial charge in [0.2, 0.25) is 0 Å². The quantitative estimate of drug-likeness (QED) is 0.678. The molecule has 23 heavy (non-hydrogen) atoms. The molecule has 0 saturated carbocycles. The molecule has 0 spiro atoms. The molecule has 0 aliphatic carbocycles. The molecule has 2 aromatic heterocycles. The molecule has 0 aliphatic rings. The Kier molecular flexibility index (Phi) is 4.25. The van der Waals surface area contributed by atoms with E-state index in [2.05, 4.69) is 40.6 Å². The first-order valence-electron chi connectivity index (χ1n) is 7.67. The summed E-state index contributed by atoms with van der Waals surface area (Å²) in [6.45, 7) is 8.92. The second kappa shape index (κ2) is 6.50. The standard InChI is InChI=1S/C20H19N3/c1-15(2)18-13-16(3)22-20-9-8-17(14-19(18)20)7-4-5-11-23-12-6-10-21-23/h6,8-10,12-14H,1,5,11H2,2-3H3. The monoisotopic (exact) mass is 301 g/mol. The minimum Gasteiger partial charge on any atom is -0.272 e. The Balaban J connectivity index is 1.86. The van der Waals surface area contributed by atoms with Gasteiger partial charge in [0.25, 0.3) is 0 Å². The number of pyridine rings is 1. The van der Waals surface area contributed by atoms with E-state index in [1.807, 2.05) is 42.9 Å². The van der Waals surface area contributed by atoms with Crippen molar-refractivity contribution in [2.45, 2.75) is 26.8 Å². The summed E-state index contributed by atoms with van der Waals surface area (Å²) < 4.78 is 1.89. The van der Waals surface area contributed by atoms with Gasteiger partial charge in [-0.05, 0) is 49.7 Å². The maximum absolute atomic E-state index is 4.59. The largest absolute Gasteiger partial charge is 0.272 e. The minimum atomic E-state index is 0.777. The number of rotatable bonds is 3. The Morgan fingerprint density at radius 2 is 2.17 bits per heavy atom. The highest BCUT2D eigenvalue weighted by Crippen LogP contribution is 2.24. The van der Waals surface area contributed by atoms with Gasteiger partial charge in [-0.25, -0.2) is 0 Å². The van der Waals surface area contributed by atoms with Gasteiger partial charge in [-0.2, -0.15) is 5.10 Å². The zero-order chi connectivity index (χ0) is 16.2. The van der Waals surface area contributed by atoms with Crippen molar-refractivity contribution in [2.24, 2.45) is 0 Å². The van der Waals surface area contributed by atoms with E-state index in [0.717, 1.165) is 46.3 Å². The lowest BCUT2D eigenvalue weighted by atomic mass is 10.0. The van der Waals surface area contributed by atoms with Gasteiger partial charge in [0.1, 0.15) is 0 Å². The van der Waals surface area contributed by atoms with Gasteiger partial charge >= 0.3 is 0 Å². The number of allylic oxidation sites excluding steroid dienone is 1. The van der Waals surface area contributed by atoms with Crippen LogP contribution in [0, 0.1) is 18.8 Å². The normalized spacial score (nSPS) is 10.3. The average molecular weight is 301 g/mol. The molecule has 3 nitrogen and oxygen atoms in total. The van der Waals surface area contributed by atoms with E-state index in [1.54, 1.807) is 6.20 Å². The molecule has 114 valence electrons. The number of aromatic nitrogens is 3. The molecule has 3 aromatic rings. The van der Waals surface area contributed by atoms with Gasteiger partial charge in [-0.1, -0.05) is 24.0 Å². The molecule has 0 fully saturated rings. The predicted octanol–water partition coefficient (Wildman–Crippen LogP) is 4.21. The average Bonchev–Trinajstić information content (AvgIpc) is 3.04. The number of fused-ring (bicyclic) bond motifs is 1. The number of benzene rings is 1. The van der Waals surface area contributed by atoms with Crippen molar-refractivity contribution < 1.29 is 0 Å². The summed E-state index contributed by atoms with van der Waals surface area (Å²) in [6.07, 6.45) is 4.51. The molecule has 3 heteroatoms. The second-order valence-corrected chi connectivity index (χ2v) is 5.64. The smallest absolute Gasteiger partial charge is 0.0712 e. The van der Waals surface area contributed by atoms with Crippen LogP contribution in [0.15, 0.2) is 49.3 Å². The Bertz CT molecular complexity index is 909. The molecule has 0 radical (unpaired) electrons. The summed E-state index contributed by atoms with van der Waals surface area (Å²) in [5, 5.41) is 5.28. The zero-order valence-electron chi connectivity index (χ0n) is 13.5. The van der Waals surface area contributed by atoms with Gasteiger partial charge in [-0.15, -0.1) is 0 Å². The number of nitrogens with zero attached hydrogens (tertiary/aromatic N) is 3. The maximum Gasteiger partial charge on any atom is 0.0712 e. The van der Waals surface area contributed by atoms with E-state index < -0.39 is 0 Å². The summed E-state index contributed by atoms with van der Waals surface area (Å²) in [4.78, 5) is 4.59. The van der Waals surface area contributed by atoms with Crippen molar-refractivity contribution >= 4 is 16.5 Å². The molecule has 1 aromatic carbocycles. The van der Waals surface area contributed by atoms with Gasteiger partial charge in [0, 0.05) is 35.5 Å². The van der Waals surface area contributed by atoms with Crippen molar-refractivity contribution in [1.29, 1.82) is 0 Å². The molecular weight excluding hydrogens is 282 g/mol. The van der Waals surface area contributed by atoms with Crippen molar-refractivity contribution in [3.8, 4) is 11.8 Å². The highest BCUT2D eigenvalue weighted by molar-refractivity contribution is 5.91. The molecule has 0 N–H and O–H groups in total. The van der Waals surface area contributed by atoms with Crippen molar-refractivity contribution in [3.63, 3.8) is 0 Å². The molecule has 0 unspecified atom stereocenters. The minimum absolute atomic E-state index is 0.777. The SMILES string of the molecule is C=C(C)c1cc(C)nc2ccc(C#CCCn3cccn3)cc12. The van der Waals surface area contributed by atoms with Gasteiger partial charge in [-0.3, -0.25) is 9.67 Å². The topological polar surface area (TPSA) is 30.7 Å². The molecular formula is C20H19N3. The van der Waals surface area contributed by atoms with Gasteiger partial charge < -0.3 is 0 Å².